The molecule has 1 heterocycles. The molecule has 0 fully saturated rings. The molecule has 0 spiro atoms. The summed E-state index contributed by atoms with van der Waals surface area (Å²) in [6, 6.07) is 7.53. The Bertz CT molecular complexity index is 564. The zero-order chi connectivity index (χ0) is 14.5. The summed E-state index contributed by atoms with van der Waals surface area (Å²) in [6.45, 7) is 2.65. The quantitative estimate of drug-likeness (QED) is 0.752. The SMILES string of the molecule is CCCOc1ccccc1C1=CC=C(C(N)=O)C(O)N1. The molecule has 1 atom stereocenters. The van der Waals surface area contributed by atoms with Crippen LogP contribution in [-0.2, 0) is 4.79 Å². The molecule has 0 radical (unpaired) electrons. The number of rotatable bonds is 5. The average Bonchev–Trinajstić information content (AvgIpc) is 2.45. The highest BCUT2D eigenvalue weighted by atomic mass is 16.5. The second-order valence-electron chi connectivity index (χ2n) is 4.46. The second kappa shape index (κ2) is 6.25. The van der Waals surface area contributed by atoms with E-state index < -0.39 is 12.1 Å². The average molecular weight is 274 g/mol. The zero-order valence-corrected chi connectivity index (χ0v) is 11.3. The lowest BCUT2D eigenvalue weighted by Gasteiger charge is -2.23. The summed E-state index contributed by atoms with van der Waals surface area (Å²) < 4.78 is 5.67. The fraction of sp³-hybridized carbons (Fsp3) is 0.267. The van der Waals surface area contributed by atoms with Gasteiger partial charge in [0.05, 0.1) is 12.2 Å². The minimum absolute atomic E-state index is 0.140. The van der Waals surface area contributed by atoms with E-state index in [0.717, 1.165) is 17.7 Å². The van der Waals surface area contributed by atoms with Crippen LogP contribution in [-0.4, -0.2) is 23.8 Å². The van der Waals surface area contributed by atoms with Gasteiger partial charge in [-0.3, -0.25) is 4.79 Å². The number of nitrogens with two attached hydrogens (primary N) is 1. The zero-order valence-electron chi connectivity index (χ0n) is 11.3. The second-order valence-corrected chi connectivity index (χ2v) is 4.46. The topological polar surface area (TPSA) is 84.6 Å². The Balaban J connectivity index is 2.31. The summed E-state index contributed by atoms with van der Waals surface area (Å²) in [7, 11) is 0. The molecule has 0 saturated carbocycles. The lowest BCUT2D eigenvalue weighted by Crippen LogP contribution is -2.37. The lowest BCUT2D eigenvalue weighted by molar-refractivity contribution is -0.115. The number of carbonyl (C=O) groups is 1. The summed E-state index contributed by atoms with van der Waals surface area (Å²) in [6.07, 6.45) is 3.04. The number of primary amides is 1. The third kappa shape index (κ3) is 3.00. The number of aliphatic hydroxyl groups is 1. The number of carbonyl (C=O) groups excluding carboxylic acids is 1. The molecule has 1 aliphatic rings. The van der Waals surface area contributed by atoms with Gasteiger partial charge in [-0.05, 0) is 30.7 Å². The van der Waals surface area contributed by atoms with Crippen LogP contribution >= 0.6 is 0 Å². The van der Waals surface area contributed by atoms with Gasteiger partial charge in [0.2, 0.25) is 5.91 Å². The molecular formula is C15H18N2O3. The molecule has 1 aliphatic heterocycles. The summed E-state index contributed by atoms with van der Waals surface area (Å²) in [5.74, 6) is 0.0899. The maximum atomic E-state index is 11.1. The number of amides is 1. The van der Waals surface area contributed by atoms with Crippen molar-refractivity contribution in [2.75, 3.05) is 6.61 Å². The first-order valence-electron chi connectivity index (χ1n) is 6.52. The molecule has 0 aromatic heterocycles. The van der Waals surface area contributed by atoms with E-state index in [0.29, 0.717) is 12.3 Å². The van der Waals surface area contributed by atoms with E-state index in [9.17, 15) is 9.90 Å². The highest BCUT2D eigenvalue weighted by molar-refractivity contribution is 5.94. The van der Waals surface area contributed by atoms with Crippen LogP contribution in [0.3, 0.4) is 0 Å². The normalized spacial score (nSPS) is 17.8. The van der Waals surface area contributed by atoms with Crippen molar-refractivity contribution in [3.8, 4) is 5.75 Å². The molecule has 5 heteroatoms. The Morgan fingerprint density at radius 3 is 2.80 bits per heavy atom. The van der Waals surface area contributed by atoms with Crippen molar-refractivity contribution in [3.63, 3.8) is 0 Å². The van der Waals surface area contributed by atoms with Crippen LogP contribution in [0.5, 0.6) is 5.75 Å². The van der Waals surface area contributed by atoms with E-state index >= 15 is 0 Å². The van der Waals surface area contributed by atoms with Gasteiger partial charge in [-0.2, -0.15) is 0 Å². The van der Waals surface area contributed by atoms with E-state index in [-0.39, 0.29) is 5.57 Å². The highest BCUT2D eigenvalue weighted by Crippen LogP contribution is 2.27. The van der Waals surface area contributed by atoms with E-state index in [1.54, 1.807) is 6.08 Å². The van der Waals surface area contributed by atoms with Crippen LogP contribution in [0.25, 0.3) is 5.70 Å². The first kappa shape index (κ1) is 14.1. The number of aliphatic hydroxyl groups excluding tert-OH is 1. The summed E-state index contributed by atoms with van der Waals surface area (Å²) in [5, 5.41) is 12.7. The highest BCUT2D eigenvalue weighted by Gasteiger charge is 2.21. The van der Waals surface area contributed by atoms with Gasteiger partial charge in [0.1, 0.15) is 5.75 Å². The Morgan fingerprint density at radius 1 is 1.40 bits per heavy atom. The summed E-state index contributed by atoms with van der Waals surface area (Å²) >= 11 is 0. The first-order chi connectivity index (χ1) is 9.63. The Hall–Kier alpha value is -2.27. The van der Waals surface area contributed by atoms with Crippen molar-refractivity contribution in [3.05, 3.63) is 47.6 Å². The van der Waals surface area contributed by atoms with Crippen molar-refractivity contribution >= 4 is 11.6 Å². The summed E-state index contributed by atoms with van der Waals surface area (Å²) in [5.41, 5.74) is 6.84. The first-order valence-corrected chi connectivity index (χ1v) is 6.52. The van der Waals surface area contributed by atoms with Crippen LogP contribution in [0.15, 0.2) is 42.0 Å². The van der Waals surface area contributed by atoms with E-state index in [1.807, 2.05) is 31.2 Å². The number of allylic oxidation sites excluding steroid dienone is 2. The molecule has 1 aromatic rings. The molecule has 2 rings (SSSR count). The number of para-hydroxylation sites is 1. The maximum Gasteiger partial charge on any atom is 0.249 e. The standard InChI is InChI=1S/C15H18N2O3/c1-2-9-20-13-6-4-3-5-10(13)12-8-7-11(14(16)18)15(19)17-12/h3-8,15,17,19H,2,9H2,1H3,(H2,16,18). The maximum absolute atomic E-state index is 11.1. The van der Waals surface area contributed by atoms with Gasteiger partial charge in [-0.25, -0.2) is 0 Å². The van der Waals surface area contributed by atoms with Crippen LogP contribution in [0.2, 0.25) is 0 Å². The molecule has 1 unspecified atom stereocenters. The van der Waals surface area contributed by atoms with Crippen LogP contribution in [0.1, 0.15) is 18.9 Å². The third-order valence-corrected chi connectivity index (χ3v) is 2.94. The van der Waals surface area contributed by atoms with Crippen molar-refractivity contribution in [1.82, 2.24) is 5.32 Å². The fourth-order valence-electron chi connectivity index (χ4n) is 1.95. The molecule has 1 aromatic carbocycles. The monoisotopic (exact) mass is 274 g/mol. The third-order valence-electron chi connectivity index (χ3n) is 2.94. The van der Waals surface area contributed by atoms with E-state index in [1.165, 1.54) is 6.08 Å². The number of dihydropyridines is 1. The Labute approximate surface area is 117 Å². The van der Waals surface area contributed by atoms with Gasteiger partial charge in [0, 0.05) is 11.3 Å². The van der Waals surface area contributed by atoms with E-state index in [4.69, 9.17) is 10.5 Å². The summed E-state index contributed by atoms with van der Waals surface area (Å²) in [4.78, 5) is 11.1. The molecule has 4 N–H and O–H groups in total. The van der Waals surface area contributed by atoms with Crippen LogP contribution in [0, 0.1) is 0 Å². The Kier molecular flexibility index (Phi) is 4.42. The Morgan fingerprint density at radius 2 is 2.15 bits per heavy atom. The smallest absolute Gasteiger partial charge is 0.249 e. The predicted octanol–water partition coefficient (Wildman–Crippen LogP) is 1.15. The van der Waals surface area contributed by atoms with Gasteiger partial charge in [-0.15, -0.1) is 0 Å². The van der Waals surface area contributed by atoms with Gasteiger partial charge < -0.3 is 20.9 Å². The molecule has 0 bridgehead atoms. The van der Waals surface area contributed by atoms with Gasteiger partial charge >= 0.3 is 0 Å². The fourth-order valence-corrected chi connectivity index (χ4v) is 1.95. The number of hydrogen-bond donors (Lipinski definition) is 3. The van der Waals surface area contributed by atoms with E-state index in [2.05, 4.69) is 5.32 Å². The molecule has 0 saturated heterocycles. The van der Waals surface area contributed by atoms with Gasteiger partial charge in [0.25, 0.3) is 0 Å². The number of benzene rings is 1. The minimum atomic E-state index is -1.10. The van der Waals surface area contributed by atoms with Crippen molar-refractivity contribution in [2.24, 2.45) is 5.73 Å². The van der Waals surface area contributed by atoms with Crippen molar-refractivity contribution < 1.29 is 14.6 Å². The number of nitrogens with one attached hydrogen (secondary N) is 1. The van der Waals surface area contributed by atoms with Gasteiger partial charge in [-0.1, -0.05) is 19.1 Å². The van der Waals surface area contributed by atoms with Crippen LogP contribution < -0.4 is 15.8 Å². The van der Waals surface area contributed by atoms with Crippen molar-refractivity contribution in [2.45, 2.75) is 19.6 Å². The number of ether oxygens (including phenoxy) is 1. The molecule has 106 valence electrons. The molecule has 5 nitrogen and oxygen atoms in total. The number of hydrogen-bond acceptors (Lipinski definition) is 4. The molecule has 20 heavy (non-hydrogen) atoms. The lowest BCUT2D eigenvalue weighted by atomic mass is 10.0. The molecular weight excluding hydrogens is 256 g/mol. The molecule has 0 aliphatic carbocycles. The van der Waals surface area contributed by atoms with Gasteiger partial charge in [0.15, 0.2) is 6.23 Å². The van der Waals surface area contributed by atoms with Crippen molar-refractivity contribution in [1.29, 1.82) is 0 Å². The molecule has 1 amide bonds. The minimum Gasteiger partial charge on any atom is -0.493 e. The predicted molar refractivity (Wildman–Crippen MR) is 76.6 cm³/mol. The largest absolute Gasteiger partial charge is 0.493 e. The van der Waals surface area contributed by atoms with Crippen LogP contribution in [0.4, 0.5) is 0 Å².